The number of halogens is 3. The van der Waals surface area contributed by atoms with Gasteiger partial charge in [-0.15, -0.1) is 0 Å². The summed E-state index contributed by atoms with van der Waals surface area (Å²) in [7, 11) is 0. The number of nitriles is 1. The Labute approximate surface area is 142 Å². The molecular formula is C19H14F3N3. The number of aryl methyl sites for hydroxylation is 1. The molecule has 25 heavy (non-hydrogen) atoms. The molecule has 3 aromatic rings. The van der Waals surface area contributed by atoms with Gasteiger partial charge in [0, 0.05) is 6.54 Å². The van der Waals surface area contributed by atoms with Gasteiger partial charge in [0.1, 0.15) is 6.07 Å². The van der Waals surface area contributed by atoms with Gasteiger partial charge in [-0.2, -0.15) is 18.4 Å². The molecule has 0 saturated carbocycles. The number of fused-ring (bicyclic) bond motifs is 1. The zero-order chi connectivity index (χ0) is 18.0. The van der Waals surface area contributed by atoms with E-state index in [2.05, 4.69) is 4.98 Å². The van der Waals surface area contributed by atoms with Crippen LogP contribution in [0.1, 0.15) is 23.9 Å². The van der Waals surface area contributed by atoms with E-state index < -0.39 is 11.7 Å². The summed E-state index contributed by atoms with van der Waals surface area (Å²) in [4.78, 5) is 4.43. The van der Waals surface area contributed by atoms with E-state index in [9.17, 15) is 18.4 Å². The van der Waals surface area contributed by atoms with Gasteiger partial charge in [0.25, 0.3) is 0 Å². The Morgan fingerprint density at radius 2 is 1.84 bits per heavy atom. The minimum Gasteiger partial charge on any atom is -0.324 e. The van der Waals surface area contributed by atoms with Crippen LogP contribution in [0.25, 0.3) is 22.7 Å². The maximum absolute atomic E-state index is 13.2. The second-order valence-electron chi connectivity index (χ2n) is 5.42. The highest BCUT2D eigenvalue weighted by Gasteiger charge is 2.32. The molecule has 0 spiro atoms. The molecule has 0 radical (unpaired) electrons. The average molecular weight is 341 g/mol. The van der Waals surface area contributed by atoms with Crippen molar-refractivity contribution in [1.29, 1.82) is 5.26 Å². The van der Waals surface area contributed by atoms with Gasteiger partial charge >= 0.3 is 6.18 Å². The molecule has 3 nitrogen and oxygen atoms in total. The minimum atomic E-state index is -4.49. The predicted octanol–water partition coefficient (Wildman–Crippen LogP) is 5.14. The van der Waals surface area contributed by atoms with Gasteiger partial charge in [-0.1, -0.05) is 30.3 Å². The molecule has 0 fully saturated rings. The van der Waals surface area contributed by atoms with Gasteiger partial charge < -0.3 is 4.57 Å². The highest BCUT2D eigenvalue weighted by atomic mass is 19.4. The van der Waals surface area contributed by atoms with Gasteiger partial charge in [-0.05, 0) is 36.8 Å². The third kappa shape index (κ3) is 3.13. The van der Waals surface area contributed by atoms with Gasteiger partial charge in [0.05, 0.1) is 22.2 Å². The quantitative estimate of drug-likeness (QED) is 0.619. The first kappa shape index (κ1) is 16.8. The summed E-state index contributed by atoms with van der Waals surface area (Å²) < 4.78 is 41.4. The fourth-order valence-electron chi connectivity index (χ4n) is 2.78. The summed E-state index contributed by atoms with van der Waals surface area (Å²) in [6, 6.07) is 14.5. The molecule has 0 aliphatic rings. The first-order chi connectivity index (χ1) is 12.0. The summed E-state index contributed by atoms with van der Waals surface area (Å²) in [5, 5.41) is 9.53. The van der Waals surface area contributed by atoms with Crippen LogP contribution in [-0.2, 0) is 12.7 Å². The van der Waals surface area contributed by atoms with Crippen molar-refractivity contribution in [3.63, 3.8) is 0 Å². The molecule has 6 heteroatoms. The molecule has 1 aromatic heterocycles. The number of rotatable bonds is 3. The normalized spacial score (nSPS) is 12.4. The van der Waals surface area contributed by atoms with Crippen molar-refractivity contribution in [2.24, 2.45) is 0 Å². The maximum Gasteiger partial charge on any atom is 0.416 e. The Morgan fingerprint density at radius 3 is 2.52 bits per heavy atom. The number of aromatic nitrogens is 2. The third-order valence-electron chi connectivity index (χ3n) is 3.90. The molecule has 0 amide bonds. The van der Waals surface area contributed by atoms with Crippen LogP contribution in [0.5, 0.6) is 0 Å². The molecule has 0 N–H and O–H groups in total. The number of nitrogens with zero attached hydrogens (tertiary/aromatic N) is 3. The zero-order valence-corrected chi connectivity index (χ0v) is 13.4. The van der Waals surface area contributed by atoms with Crippen LogP contribution >= 0.6 is 0 Å². The molecule has 0 saturated heterocycles. The van der Waals surface area contributed by atoms with E-state index in [0.717, 1.165) is 11.6 Å². The number of alkyl halides is 3. The number of benzene rings is 2. The highest BCUT2D eigenvalue weighted by Crippen LogP contribution is 2.33. The number of imidazole rings is 1. The molecule has 2 aromatic carbocycles. The third-order valence-corrected chi connectivity index (χ3v) is 3.90. The molecule has 0 aliphatic heterocycles. The van der Waals surface area contributed by atoms with Crippen molar-refractivity contribution in [2.45, 2.75) is 19.6 Å². The van der Waals surface area contributed by atoms with Crippen LogP contribution in [-0.4, -0.2) is 9.55 Å². The lowest BCUT2D eigenvalue weighted by molar-refractivity contribution is -0.137. The topological polar surface area (TPSA) is 41.6 Å². The van der Waals surface area contributed by atoms with Crippen molar-refractivity contribution in [3.05, 3.63) is 65.5 Å². The van der Waals surface area contributed by atoms with E-state index in [4.69, 9.17) is 0 Å². The number of hydrogen-bond acceptors (Lipinski definition) is 2. The number of para-hydroxylation sites is 2. The largest absolute Gasteiger partial charge is 0.416 e. The van der Waals surface area contributed by atoms with E-state index in [-0.39, 0.29) is 11.1 Å². The van der Waals surface area contributed by atoms with E-state index in [1.165, 1.54) is 24.3 Å². The smallest absolute Gasteiger partial charge is 0.324 e. The van der Waals surface area contributed by atoms with Gasteiger partial charge in [-0.25, -0.2) is 4.98 Å². The van der Waals surface area contributed by atoms with Crippen molar-refractivity contribution < 1.29 is 13.2 Å². The molecule has 0 atom stereocenters. The van der Waals surface area contributed by atoms with Crippen molar-refractivity contribution in [1.82, 2.24) is 9.55 Å². The van der Waals surface area contributed by atoms with Crippen molar-refractivity contribution in [3.8, 4) is 6.07 Å². The second kappa shape index (κ2) is 6.44. The summed E-state index contributed by atoms with van der Waals surface area (Å²) in [6.45, 7) is 2.45. The van der Waals surface area contributed by atoms with E-state index in [0.29, 0.717) is 17.9 Å². The van der Waals surface area contributed by atoms with E-state index in [1.807, 2.05) is 41.8 Å². The summed E-state index contributed by atoms with van der Waals surface area (Å²) >= 11 is 0. The van der Waals surface area contributed by atoms with Crippen LogP contribution in [0, 0.1) is 11.3 Å². The fourth-order valence-corrected chi connectivity index (χ4v) is 2.78. The Morgan fingerprint density at radius 1 is 1.16 bits per heavy atom. The number of hydrogen-bond donors (Lipinski definition) is 0. The summed E-state index contributed by atoms with van der Waals surface area (Å²) in [5.41, 5.74) is 0.799. The van der Waals surface area contributed by atoms with Crippen LogP contribution in [0.15, 0.2) is 48.5 Å². The minimum absolute atomic E-state index is 0.0544. The summed E-state index contributed by atoms with van der Waals surface area (Å²) in [5.74, 6) is 0.364. The molecule has 0 aliphatic carbocycles. The lowest BCUT2D eigenvalue weighted by Gasteiger charge is -2.10. The molecule has 3 rings (SSSR count). The summed E-state index contributed by atoms with van der Waals surface area (Å²) in [6.07, 6.45) is -3.24. The van der Waals surface area contributed by atoms with Gasteiger partial charge in [0.2, 0.25) is 0 Å². The van der Waals surface area contributed by atoms with Crippen LogP contribution in [0.2, 0.25) is 0 Å². The lowest BCUT2D eigenvalue weighted by atomic mass is 10.0. The maximum atomic E-state index is 13.2. The Kier molecular flexibility index (Phi) is 4.32. The lowest BCUT2D eigenvalue weighted by Crippen LogP contribution is -2.07. The van der Waals surface area contributed by atoms with E-state index in [1.54, 1.807) is 0 Å². The van der Waals surface area contributed by atoms with Crippen LogP contribution < -0.4 is 0 Å². The second-order valence-corrected chi connectivity index (χ2v) is 5.42. The van der Waals surface area contributed by atoms with E-state index >= 15 is 0 Å². The monoisotopic (exact) mass is 341 g/mol. The Bertz CT molecular complexity index is 991. The van der Waals surface area contributed by atoms with Gasteiger partial charge in [0.15, 0.2) is 5.82 Å². The standard InChI is InChI=1S/C19H14F3N3/c1-2-25-17-10-6-5-9-16(17)24-18(25)14(12-23)11-13-7-3-4-8-15(13)19(20,21)22/h3-11H,2H2,1H3. The molecule has 126 valence electrons. The first-order valence-electron chi connectivity index (χ1n) is 7.69. The SMILES string of the molecule is CCn1c(C(C#N)=Cc2ccccc2C(F)(F)F)nc2ccccc21. The molecule has 0 unspecified atom stereocenters. The predicted molar refractivity (Wildman–Crippen MR) is 90.3 cm³/mol. The highest BCUT2D eigenvalue weighted by molar-refractivity contribution is 5.91. The van der Waals surface area contributed by atoms with Crippen LogP contribution in [0.3, 0.4) is 0 Å². The zero-order valence-electron chi connectivity index (χ0n) is 13.4. The Balaban J connectivity index is 2.20. The Hall–Kier alpha value is -3.07. The molecule has 1 heterocycles. The fraction of sp³-hybridized carbons (Fsp3) is 0.158. The van der Waals surface area contributed by atoms with Crippen molar-refractivity contribution in [2.75, 3.05) is 0 Å². The number of allylic oxidation sites excluding steroid dienone is 1. The molecular weight excluding hydrogens is 327 g/mol. The molecule has 0 bridgehead atoms. The van der Waals surface area contributed by atoms with Crippen LogP contribution in [0.4, 0.5) is 13.2 Å². The van der Waals surface area contributed by atoms with Crippen molar-refractivity contribution >= 4 is 22.7 Å². The average Bonchev–Trinajstić information content (AvgIpc) is 2.97. The first-order valence-corrected chi connectivity index (χ1v) is 7.69. The van der Waals surface area contributed by atoms with Gasteiger partial charge in [-0.3, -0.25) is 0 Å².